The van der Waals surface area contributed by atoms with Gasteiger partial charge in [0.05, 0.1) is 37.6 Å². The largest absolute Gasteiger partial charge is 0.465 e. The van der Waals surface area contributed by atoms with Gasteiger partial charge in [0.1, 0.15) is 0 Å². The SMILES string of the molecule is O=C(CCCCC(=O)OC[C@@H]1CC[C@H]2O[C@@H]2C1)OC[C@@H]1CC[C@H]2O[C@H]2C1. The van der Waals surface area contributed by atoms with Gasteiger partial charge in [-0.15, -0.1) is 0 Å². The minimum Gasteiger partial charge on any atom is -0.465 e. The predicted molar refractivity (Wildman–Crippen MR) is 92.4 cm³/mol. The Kier molecular flexibility index (Phi) is 5.79. The highest BCUT2D eigenvalue weighted by Crippen LogP contribution is 2.40. The van der Waals surface area contributed by atoms with E-state index in [-0.39, 0.29) is 11.9 Å². The van der Waals surface area contributed by atoms with E-state index in [9.17, 15) is 9.59 Å². The van der Waals surface area contributed by atoms with Crippen LogP contribution in [0.4, 0.5) is 0 Å². The highest BCUT2D eigenvalue weighted by Gasteiger charge is 2.44. The highest BCUT2D eigenvalue weighted by atomic mass is 16.6. The van der Waals surface area contributed by atoms with Crippen molar-refractivity contribution in [3.05, 3.63) is 0 Å². The topological polar surface area (TPSA) is 77.7 Å². The summed E-state index contributed by atoms with van der Waals surface area (Å²) in [5, 5.41) is 0. The molecule has 2 saturated heterocycles. The standard InChI is InChI=1S/C20H30O6/c21-19(23-11-13-5-7-15-17(9-13)25-15)3-1-2-4-20(22)24-12-14-6-8-16-18(10-14)26-16/h13-18H,1-12H2/t13-,14-,15-,16-,17-,18+/m1/s1. The van der Waals surface area contributed by atoms with Crippen molar-refractivity contribution in [2.24, 2.45) is 11.8 Å². The van der Waals surface area contributed by atoms with Crippen molar-refractivity contribution in [2.75, 3.05) is 13.2 Å². The molecule has 26 heavy (non-hydrogen) atoms. The molecule has 2 saturated carbocycles. The fraction of sp³-hybridized carbons (Fsp3) is 0.900. The van der Waals surface area contributed by atoms with Gasteiger partial charge < -0.3 is 18.9 Å². The van der Waals surface area contributed by atoms with Gasteiger partial charge >= 0.3 is 11.9 Å². The molecule has 6 heteroatoms. The van der Waals surface area contributed by atoms with Crippen LogP contribution >= 0.6 is 0 Å². The molecule has 6 atom stereocenters. The first kappa shape index (κ1) is 18.2. The molecular weight excluding hydrogens is 336 g/mol. The molecule has 2 aliphatic carbocycles. The van der Waals surface area contributed by atoms with Gasteiger partial charge in [-0.05, 0) is 63.2 Å². The van der Waals surface area contributed by atoms with Crippen molar-refractivity contribution in [3.63, 3.8) is 0 Å². The summed E-state index contributed by atoms with van der Waals surface area (Å²) in [5.41, 5.74) is 0. The second kappa shape index (κ2) is 8.26. The summed E-state index contributed by atoms with van der Waals surface area (Å²) in [5.74, 6) is 0.597. The zero-order chi connectivity index (χ0) is 17.9. The van der Waals surface area contributed by atoms with Gasteiger partial charge in [-0.2, -0.15) is 0 Å². The van der Waals surface area contributed by atoms with Crippen LogP contribution in [0.15, 0.2) is 0 Å². The molecule has 0 radical (unpaired) electrons. The van der Waals surface area contributed by atoms with Crippen LogP contribution in [0.5, 0.6) is 0 Å². The molecule has 4 rings (SSSR count). The van der Waals surface area contributed by atoms with E-state index in [1.165, 1.54) is 0 Å². The Morgan fingerprint density at radius 3 is 1.58 bits per heavy atom. The summed E-state index contributed by atoms with van der Waals surface area (Å²) in [6, 6.07) is 0. The third-order valence-corrected chi connectivity index (χ3v) is 6.20. The lowest BCUT2D eigenvalue weighted by Crippen LogP contribution is -2.20. The maximum atomic E-state index is 11.8. The molecule has 0 aromatic heterocycles. The summed E-state index contributed by atoms with van der Waals surface area (Å²) in [4.78, 5) is 23.6. The highest BCUT2D eigenvalue weighted by molar-refractivity contribution is 5.70. The molecule has 2 heterocycles. The van der Waals surface area contributed by atoms with Crippen molar-refractivity contribution in [1.29, 1.82) is 0 Å². The lowest BCUT2D eigenvalue weighted by Gasteiger charge is -2.18. The van der Waals surface area contributed by atoms with Crippen molar-refractivity contribution < 1.29 is 28.5 Å². The van der Waals surface area contributed by atoms with Crippen LogP contribution in [-0.4, -0.2) is 49.6 Å². The van der Waals surface area contributed by atoms with E-state index in [1.807, 2.05) is 0 Å². The summed E-state index contributed by atoms with van der Waals surface area (Å²) >= 11 is 0. The Morgan fingerprint density at radius 2 is 1.15 bits per heavy atom. The predicted octanol–water partition coefficient (Wildman–Crippen LogP) is 2.77. The number of esters is 2. The summed E-state index contributed by atoms with van der Waals surface area (Å²) in [7, 11) is 0. The lowest BCUT2D eigenvalue weighted by atomic mass is 9.90. The average molecular weight is 366 g/mol. The summed E-state index contributed by atoms with van der Waals surface area (Å²) < 4.78 is 21.7. The Hall–Kier alpha value is -1.14. The van der Waals surface area contributed by atoms with E-state index >= 15 is 0 Å². The molecule has 146 valence electrons. The summed E-state index contributed by atoms with van der Waals surface area (Å²) in [6.07, 6.45) is 10.4. The monoisotopic (exact) mass is 366 g/mol. The maximum Gasteiger partial charge on any atom is 0.305 e. The van der Waals surface area contributed by atoms with Crippen molar-refractivity contribution in [3.8, 4) is 0 Å². The molecule has 2 aliphatic heterocycles. The number of carbonyl (C=O) groups excluding carboxylic acids is 2. The molecular formula is C20H30O6. The Labute approximate surface area is 154 Å². The van der Waals surface area contributed by atoms with E-state index in [2.05, 4.69) is 0 Å². The van der Waals surface area contributed by atoms with E-state index in [0.29, 0.717) is 75.1 Å². The molecule has 0 aromatic rings. The van der Waals surface area contributed by atoms with E-state index in [0.717, 1.165) is 38.5 Å². The average Bonchev–Trinajstić information content (AvgIpc) is 3.55. The number of epoxide rings is 2. The molecule has 0 amide bonds. The van der Waals surface area contributed by atoms with Crippen LogP contribution in [0.1, 0.15) is 64.2 Å². The third kappa shape index (κ3) is 5.19. The van der Waals surface area contributed by atoms with Crippen LogP contribution in [0, 0.1) is 11.8 Å². The second-order valence-electron chi connectivity index (χ2n) is 8.36. The number of hydrogen-bond acceptors (Lipinski definition) is 6. The fourth-order valence-corrected chi connectivity index (χ4v) is 4.38. The summed E-state index contributed by atoms with van der Waals surface area (Å²) in [6.45, 7) is 1.03. The molecule has 4 aliphatic rings. The molecule has 4 fully saturated rings. The number of unbranched alkanes of at least 4 members (excludes halogenated alkanes) is 1. The van der Waals surface area contributed by atoms with Gasteiger partial charge in [0, 0.05) is 12.8 Å². The normalized spacial score (nSPS) is 37.2. The van der Waals surface area contributed by atoms with Gasteiger partial charge in [-0.25, -0.2) is 0 Å². The van der Waals surface area contributed by atoms with Gasteiger partial charge in [0.2, 0.25) is 0 Å². The maximum absolute atomic E-state index is 11.8. The Bertz CT molecular complexity index is 474. The van der Waals surface area contributed by atoms with Crippen molar-refractivity contribution in [2.45, 2.75) is 88.6 Å². The van der Waals surface area contributed by atoms with Crippen LogP contribution in [0.2, 0.25) is 0 Å². The van der Waals surface area contributed by atoms with E-state index < -0.39 is 0 Å². The first-order chi connectivity index (χ1) is 12.7. The minimum absolute atomic E-state index is 0.154. The van der Waals surface area contributed by atoms with E-state index in [1.54, 1.807) is 0 Å². The van der Waals surface area contributed by atoms with Crippen LogP contribution in [-0.2, 0) is 28.5 Å². The number of carbonyl (C=O) groups is 2. The van der Waals surface area contributed by atoms with Gasteiger partial charge in [-0.3, -0.25) is 9.59 Å². The number of ether oxygens (including phenoxy) is 4. The third-order valence-electron chi connectivity index (χ3n) is 6.20. The molecule has 0 bridgehead atoms. The Morgan fingerprint density at radius 1 is 0.692 bits per heavy atom. The van der Waals surface area contributed by atoms with Gasteiger partial charge in [0.25, 0.3) is 0 Å². The lowest BCUT2D eigenvalue weighted by molar-refractivity contribution is -0.147. The number of rotatable bonds is 9. The van der Waals surface area contributed by atoms with Crippen molar-refractivity contribution >= 4 is 11.9 Å². The molecule has 0 aromatic carbocycles. The first-order valence-corrected chi connectivity index (χ1v) is 10.3. The quantitative estimate of drug-likeness (QED) is 0.355. The Balaban J connectivity index is 0.992. The van der Waals surface area contributed by atoms with Crippen LogP contribution in [0.3, 0.4) is 0 Å². The first-order valence-electron chi connectivity index (χ1n) is 10.3. The number of fused-ring (bicyclic) bond motifs is 2. The molecule has 6 nitrogen and oxygen atoms in total. The zero-order valence-electron chi connectivity index (χ0n) is 15.4. The molecule has 0 N–H and O–H groups in total. The van der Waals surface area contributed by atoms with E-state index in [4.69, 9.17) is 18.9 Å². The van der Waals surface area contributed by atoms with Crippen LogP contribution < -0.4 is 0 Å². The molecule has 0 unspecified atom stereocenters. The van der Waals surface area contributed by atoms with Gasteiger partial charge in [-0.1, -0.05) is 0 Å². The zero-order valence-corrected chi connectivity index (χ0v) is 15.4. The fourth-order valence-electron chi connectivity index (χ4n) is 4.38. The number of hydrogen-bond donors (Lipinski definition) is 0. The van der Waals surface area contributed by atoms with Crippen LogP contribution in [0.25, 0.3) is 0 Å². The second-order valence-corrected chi connectivity index (χ2v) is 8.36. The molecule has 0 spiro atoms. The minimum atomic E-state index is -0.154. The van der Waals surface area contributed by atoms with Crippen molar-refractivity contribution in [1.82, 2.24) is 0 Å². The smallest absolute Gasteiger partial charge is 0.305 e. The van der Waals surface area contributed by atoms with Gasteiger partial charge in [0.15, 0.2) is 0 Å².